The zero-order chi connectivity index (χ0) is 22.1. The molecule has 31 heavy (non-hydrogen) atoms. The molecule has 8 nitrogen and oxygen atoms in total. The highest BCUT2D eigenvalue weighted by Crippen LogP contribution is 2.21. The molecule has 11 heteroatoms. The van der Waals surface area contributed by atoms with Gasteiger partial charge < -0.3 is 5.32 Å². The Morgan fingerprint density at radius 2 is 2.03 bits per heavy atom. The van der Waals surface area contributed by atoms with Crippen molar-refractivity contribution >= 4 is 39.1 Å². The first kappa shape index (κ1) is 21.3. The van der Waals surface area contributed by atoms with Crippen molar-refractivity contribution in [3.8, 4) is 0 Å². The van der Waals surface area contributed by atoms with E-state index < -0.39 is 5.82 Å². The second-order valence-electron chi connectivity index (χ2n) is 6.95. The SMILES string of the molecule is Cc1nn(Cn2ccc(C(=O)Nc3cnn(Cc4c(F)cccc4Cl)c3)n2)c(C)c1Br. The van der Waals surface area contributed by atoms with E-state index in [-0.39, 0.29) is 18.1 Å². The highest BCUT2D eigenvalue weighted by atomic mass is 79.9. The predicted octanol–water partition coefficient (Wildman–Crippen LogP) is 4.25. The van der Waals surface area contributed by atoms with Gasteiger partial charge in [0.1, 0.15) is 12.5 Å². The number of hydrogen-bond donors (Lipinski definition) is 1. The number of anilines is 1. The minimum absolute atomic E-state index is 0.147. The van der Waals surface area contributed by atoms with Gasteiger partial charge in [0.25, 0.3) is 5.91 Å². The molecule has 0 bridgehead atoms. The third kappa shape index (κ3) is 4.54. The number of amides is 1. The molecular weight excluding hydrogens is 489 g/mol. The molecule has 0 radical (unpaired) electrons. The van der Waals surface area contributed by atoms with E-state index in [4.69, 9.17) is 11.6 Å². The first-order valence-corrected chi connectivity index (χ1v) is 10.5. The van der Waals surface area contributed by atoms with Crippen LogP contribution in [0.4, 0.5) is 10.1 Å². The van der Waals surface area contributed by atoms with Crippen molar-refractivity contribution in [1.29, 1.82) is 0 Å². The monoisotopic (exact) mass is 505 g/mol. The van der Waals surface area contributed by atoms with Gasteiger partial charge in [0.15, 0.2) is 5.69 Å². The number of aryl methyl sites for hydroxylation is 1. The Kier molecular flexibility index (Phi) is 5.92. The topological polar surface area (TPSA) is 82.6 Å². The van der Waals surface area contributed by atoms with Gasteiger partial charge in [-0.3, -0.25) is 14.2 Å². The molecular formula is C20H18BrClFN7O. The number of aromatic nitrogens is 6. The summed E-state index contributed by atoms with van der Waals surface area (Å²) in [6.45, 7) is 4.39. The molecule has 160 valence electrons. The van der Waals surface area contributed by atoms with E-state index in [1.165, 1.54) is 16.9 Å². The van der Waals surface area contributed by atoms with Crippen LogP contribution in [-0.4, -0.2) is 35.2 Å². The fourth-order valence-electron chi connectivity index (χ4n) is 3.07. The van der Waals surface area contributed by atoms with Crippen LogP contribution in [0.1, 0.15) is 27.4 Å². The van der Waals surface area contributed by atoms with Gasteiger partial charge in [0.2, 0.25) is 0 Å². The van der Waals surface area contributed by atoms with Crippen LogP contribution in [0.5, 0.6) is 0 Å². The van der Waals surface area contributed by atoms with Crippen LogP contribution in [0, 0.1) is 19.7 Å². The molecule has 1 amide bonds. The first-order chi connectivity index (χ1) is 14.8. The molecule has 3 heterocycles. The standard InChI is InChI=1S/C20H18BrClFN7O/c1-12-19(21)13(2)30(26-12)11-28-7-6-18(27-28)20(31)25-14-8-24-29(9-14)10-15-16(22)4-3-5-17(15)23/h3-9H,10-11H2,1-2H3,(H,25,31). The summed E-state index contributed by atoms with van der Waals surface area (Å²) in [5, 5.41) is 16.0. The minimum atomic E-state index is -0.409. The summed E-state index contributed by atoms with van der Waals surface area (Å²) in [4.78, 5) is 12.5. The number of nitrogens with one attached hydrogen (secondary N) is 1. The number of nitrogens with zero attached hydrogens (tertiary/aromatic N) is 6. The summed E-state index contributed by atoms with van der Waals surface area (Å²) < 4.78 is 19.8. The average Bonchev–Trinajstić information content (AvgIpc) is 3.43. The molecule has 1 N–H and O–H groups in total. The third-order valence-electron chi connectivity index (χ3n) is 4.72. The summed E-state index contributed by atoms with van der Waals surface area (Å²) in [6.07, 6.45) is 4.80. The van der Waals surface area contributed by atoms with Gasteiger partial charge in [-0.25, -0.2) is 9.07 Å². The van der Waals surface area contributed by atoms with Crippen molar-refractivity contribution in [3.63, 3.8) is 0 Å². The van der Waals surface area contributed by atoms with Crippen molar-refractivity contribution in [1.82, 2.24) is 29.3 Å². The Labute approximate surface area is 190 Å². The fraction of sp³-hybridized carbons (Fsp3) is 0.200. The van der Waals surface area contributed by atoms with Crippen LogP contribution in [0.2, 0.25) is 5.02 Å². The summed E-state index contributed by atoms with van der Waals surface area (Å²) in [6, 6.07) is 6.13. The van der Waals surface area contributed by atoms with Gasteiger partial charge in [0.05, 0.1) is 34.3 Å². The second-order valence-corrected chi connectivity index (χ2v) is 8.15. The first-order valence-electron chi connectivity index (χ1n) is 9.31. The lowest BCUT2D eigenvalue weighted by atomic mass is 10.2. The average molecular weight is 507 g/mol. The van der Waals surface area contributed by atoms with Gasteiger partial charge in [0, 0.05) is 23.0 Å². The van der Waals surface area contributed by atoms with E-state index in [0.717, 1.165) is 15.9 Å². The maximum atomic E-state index is 14.0. The van der Waals surface area contributed by atoms with E-state index in [1.54, 1.807) is 40.0 Å². The Bertz CT molecular complexity index is 1240. The molecule has 4 rings (SSSR count). The van der Waals surface area contributed by atoms with Crippen molar-refractivity contribution < 1.29 is 9.18 Å². The molecule has 0 aliphatic carbocycles. The quantitative estimate of drug-likeness (QED) is 0.424. The predicted molar refractivity (Wildman–Crippen MR) is 118 cm³/mol. The number of benzene rings is 1. The molecule has 3 aromatic heterocycles. The van der Waals surface area contributed by atoms with E-state index in [0.29, 0.717) is 22.9 Å². The van der Waals surface area contributed by atoms with E-state index in [1.807, 2.05) is 13.8 Å². The lowest BCUT2D eigenvalue weighted by molar-refractivity contribution is 0.102. The van der Waals surface area contributed by atoms with Crippen LogP contribution in [-0.2, 0) is 13.2 Å². The molecule has 0 fully saturated rings. The smallest absolute Gasteiger partial charge is 0.276 e. The fourth-order valence-corrected chi connectivity index (χ4v) is 3.57. The number of halogens is 3. The molecule has 0 aliphatic heterocycles. The maximum absolute atomic E-state index is 14.0. The molecule has 4 aromatic rings. The number of carbonyl (C=O) groups is 1. The number of hydrogen-bond acceptors (Lipinski definition) is 4. The van der Waals surface area contributed by atoms with Crippen LogP contribution >= 0.6 is 27.5 Å². The summed E-state index contributed by atoms with van der Waals surface area (Å²) in [5.74, 6) is -0.787. The second kappa shape index (κ2) is 8.64. The Morgan fingerprint density at radius 3 is 2.74 bits per heavy atom. The summed E-state index contributed by atoms with van der Waals surface area (Å²) in [5.41, 5.74) is 2.91. The molecule has 0 spiro atoms. The Hall–Kier alpha value is -2.98. The number of rotatable bonds is 6. The Morgan fingerprint density at radius 1 is 1.23 bits per heavy atom. The molecule has 0 unspecified atom stereocenters. The van der Waals surface area contributed by atoms with Crippen molar-refractivity contribution in [2.24, 2.45) is 0 Å². The largest absolute Gasteiger partial charge is 0.318 e. The molecule has 0 saturated heterocycles. The highest BCUT2D eigenvalue weighted by Gasteiger charge is 2.14. The number of carbonyl (C=O) groups excluding carboxylic acids is 1. The molecule has 1 aromatic carbocycles. The lowest BCUT2D eigenvalue weighted by Crippen LogP contribution is -2.15. The van der Waals surface area contributed by atoms with Crippen LogP contribution in [0.3, 0.4) is 0 Å². The van der Waals surface area contributed by atoms with Gasteiger partial charge >= 0.3 is 0 Å². The maximum Gasteiger partial charge on any atom is 0.276 e. The third-order valence-corrected chi connectivity index (χ3v) is 6.22. The minimum Gasteiger partial charge on any atom is -0.318 e. The highest BCUT2D eigenvalue weighted by molar-refractivity contribution is 9.10. The Balaban J connectivity index is 1.42. The summed E-state index contributed by atoms with van der Waals surface area (Å²) >= 11 is 9.56. The van der Waals surface area contributed by atoms with Crippen molar-refractivity contribution in [2.45, 2.75) is 27.1 Å². The zero-order valence-electron chi connectivity index (χ0n) is 16.7. The van der Waals surface area contributed by atoms with Gasteiger partial charge in [-0.15, -0.1) is 0 Å². The van der Waals surface area contributed by atoms with E-state index in [9.17, 15) is 9.18 Å². The van der Waals surface area contributed by atoms with Crippen LogP contribution < -0.4 is 5.32 Å². The van der Waals surface area contributed by atoms with E-state index in [2.05, 4.69) is 36.5 Å². The van der Waals surface area contributed by atoms with Crippen LogP contribution in [0.25, 0.3) is 0 Å². The zero-order valence-corrected chi connectivity index (χ0v) is 19.0. The lowest BCUT2D eigenvalue weighted by Gasteiger charge is -2.06. The normalized spacial score (nSPS) is 11.1. The van der Waals surface area contributed by atoms with Gasteiger partial charge in [-0.1, -0.05) is 17.7 Å². The molecule has 0 aliphatic rings. The van der Waals surface area contributed by atoms with Crippen molar-refractivity contribution in [3.05, 3.63) is 80.8 Å². The van der Waals surface area contributed by atoms with E-state index >= 15 is 0 Å². The molecule has 0 saturated carbocycles. The van der Waals surface area contributed by atoms with Crippen molar-refractivity contribution in [2.75, 3.05) is 5.32 Å². The van der Waals surface area contributed by atoms with Crippen LogP contribution in [0.15, 0.2) is 47.3 Å². The summed E-state index contributed by atoms with van der Waals surface area (Å²) in [7, 11) is 0. The van der Waals surface area contributed by atoms with Gasteiger partial charge in [-0.05, 0) is 48.0 Å². The molecule has 0 atom stereocenters. The van der Waals surface area contributed by atoms with Gasteiger partial charge in [-0.2, -0.15) is 15.3 Å².